The smallest absolute Gasteiger partial charge is 0.309 e. The molecule has 0 atom stereocenters. The molecule has 1 heterocycles. The molecule has 0 aromatic rings. The summed E-state index contributed by atoms with van der Waals surface area (Å²) in [5.41, 5.74) is 0. The lowest BCUT2D eigenvalue weighted by Crippen LogP contribution is -2.41. The predicted molar refractivity (Wildman–Crippen MR) is 64.9 cm³/mol. The molecule has 0 aromatic heterocycles. The van der Waals surface area contributed by atoms with Gasteiger partial charge in [-0.3, -0.25) is 9.59 Å². The summed E-state index contributed by atoms with van der Waals surface area (Å²) in [6.07, 6.45) is 3.53. The van der Waals surface area contributed by atoms with Crippen LogP contribution in [0.3, 0.4) is 0 Å². The van der Waals surface area contributed by atoms with Gasteiger partial charge >= 0.3 is 5.97 Å². The van der Waals surface area contributed by atoms with E-state index < -0.39 is 0 Å². The molecule has 5 nitrogen and oxygen atoms in total. The van der Waals surface area contributed by atoms with Crippen molar-refractivity contribution >= 4 is 11.9 Å². The Morgan fingerprint density at radius 3 is 2.28 bits per heavy atom. The molecular formula is C13H21NO4. The van der Waals surface area contributed by atoms with E-state index in [0.29, 0.717) is 26.3 Å². The van der Waals surface area contributed by atoms with Crippen molar-refractivity contribution < 1.29 is 19.1 Å². The number of esters is 1. The summed E-state index contributed by atoms with van der Waals surface area (Å²) in [5.74, 6) is 0.354. The average Bonchev–Trinajstić information content (AvgIpc) is 3.22. The summed E-state index contributed by atoms with van der Waals surface area (Å²) in [5, 5.41) is 0. The van der Waals surface area contributed by atoms with Gasteiger partial charge in [0.1, 0.15) is 6.61 Å². The van der Waals surface area contributed by atoms with Crippen molar-refractivity contribution in [1.29, 1.82) is 0 Å². The van der Waals surface area contributed by atoms with E-state index in [-0.39, 0.29) is 23.7 Å². The molecule has 1 amide bonds. The fraction of sp³-hybridized carbons (Fsp3) is 0.846. The number of carbonyl (C=O) groups excluding carboxylic acids is 2. The first-order valence-electron chi connectivity index (χ1n) is 6.66. The Balaban J connectivity index is 1.68. The van der Waals surface area contributed by atoms with Gasteiger partial charge in [-0.15, -0.1) is 0 Å². The molecule has 0 aromatic carbocycles. The van der Waals surface area contributed by atoms with Gasteiger partial charge in [-0.1, -0.05) is 0 Å². The van der Waals surface area contributed by atoms with Crippen molar-refractivity contribution in [2.24, 2.45) is 11.8 Å². The maximum absolute atomic E-state index is 11.8. The fourth-order valence-electron chi connectivity index (χ4n) is 2.27. The number of rotatable bonds is 5. The van der Waals surface area contributed by atoms with E-state index in [1.165, 1.54) is 0 Å². The van der Waals surface area contributed by atoms with E-state index in [1.54, 1.807) is 7.11 Å². The minimum absolute atomic E-state index is 0.0508. The highest BCUT2D eigenvalue weighted by atomic mass is 16.6. The van der Waals surface area contributed by atoms with Crippen LogP contribution in [0, 0.1) is 11.8 Å². The molecule has 0 bridgehead atoms. The Hall–Kier alpha value is -1.10. The van der Waals surface area contributed by atoms with Gasteiger partial charge in [-0.05, 0) is 25.7 Å². The highest BCUT2D eigenvalue weighted by Crippen LogP contribution is 2.32. The van der Waals surface area contributed by atoms with Gasteiger partial charge in [-0.25, -0.2) is 0 Å². The van der Waals surface area contributed by atoms with Gasteiger partial charge in [0.25, 0.3) is 0 Å². The van der Waals surface area contributed by atoms with E-state index in [1.807, 2.05) is 4.90 Å². The SMILES string of the molecule is COCCOC(=O)C1CCN(C(=O)C2CC2)CC1. The third kappa shape index (κ3) is 3.45. The molecule has 0 radical (unpaired) electrons. The molecule has 1 aliphatic carbocycles. The summed E-state index contributed by atoms with van der Waals surface area (Å²) in [7, 11) is 1.58. The standard InChI is InChI=1S/C13H21NO4/c1-17-8-9-18-13(16)11-4-6-14(7-5-11)12(15)10-2-3-10/h10-11H,2-9H2,1H3. The first kappa shape index (κ1) is 13.3. The molecule has 5 heteroatoms. The van der Waals surface area contributed by atoms with Crippen LogP contribution >= 0.6 is 0 Å². The average molecular weight is 255 g/mol. The third-order valence-electron chi connectivity index (χ3n) is 3.60. The van der Waals surface area contributed by atoms with Crippen LogP contribution in [0.2, 0.25) is 0 Å². The quantitative estimate of drug-likeness (QED) is 0.539. The molecule has 0 unspecified atom stereocenters. The Kier molecular flexibility index (Phi) is 4.58. The molecule has 2 rings (SSSR count). The minimum atomic E-state index is -0.148. The second kappa shape index (κ2) is 6.18. The van der Waals surface area contributed by atoms with E-state index in [2.05, 4.69) is 0 Å². The van der Waals surface area contributed by atoms with E-state index in [4.69, 9.17) is 9.47 Å². The van der Waals surface area contributed by atoms with Crippen molar-refractivity contribution in [3.63, 3.8) is 0 Å². The zero-order valence-electron chi connectivity index (χ0n) is 10.9. The Morgan fingerprint density at radius 1 is 1.06 bits per heavy atom. The maximum atomic E-state index is 11.8. The number of hydrogen-bond donors (Lipinski definition) is 0. The highest BCUT2D eigenvalue weighted by Gasteiger charge is 2.36. The monoisotopic (exact) mass is 255 g/mol. The second-order valence-corrected chi connectivity index (χ2v) is 5.03. The van der Waals surface area contributed by atoms with E-state index >= 15 is 0 Å². The first-order chi connectivity index (χ1) is 8.72. The zero-order valence-corrected chi connectivity index (χ0v) is 10.9. The van der Waals surface area contributed by atoms with Crippen molar-refractivity contribution in [2.45, 2.75) is 25.7 Å². The van der Waals surface area contributed by atoms with Gasteiger partial charge in [0.2, 0.25) is 5.91 Å². The van der Waals surface area contributed by atoms with Gasteiger partial charge in [0.05, 0.1) is 12.5 Å². The number of carbonyl (C=O) groups is 2. The summed E-state index contributed by atoms with van der Waals surface area (Å²) in [6.45, 7) is 2.14. The first-order valence-corrected chi connectivity index (χ1v) is 6.66. The predicted octanol–water partition coefficient (Wildman–Crippen LogP) is 0.825. The number of amides is 1. The van der Waals surface area contributed by atoms with Crippen LogP contribution in [-0.4, -0.2) is 50.2 Å². The molecule has 18 heavy (non-hydrogen) atoms. The van der Waals surface area contributed by atoms with E-state index in [0.717, 1.165) is 25.7 Å². The molecule has 102 valence electrons. The van der Waals surface area contributed by atoms with Crippen LogP contribution in [0.15, 0.2) is 0 Å². The van der Waals surface area contributed by atoms with Gasteiger partial charge < -0.3 is 14.4 Å². The fourth-order valence-corrected chi connectivity index (χ4v) is 2.27. The Labute approximate surface area is 107 Å². The number of hydrogen-bond acceptors (Lipinski definition) is 4. The highest BCUT2D eigenvalue weighted by molar-refractivity contribution is 5.81. The lowest BCUT2D eigenvalue weighted by molar-refractivity contribution is -0.153. The van der Waals surface area contributed by atoms with Crippen LogP contribution in [0.4, 0.5) is 0 Å². The second-order valence-electron chi connectivity index (χ2n) is 5.03. The number of nitrogens with zero attached hydrogens (tertiary/aromatic N) is 1. The Morgan fingerprint density at radius 2 is 1.72 bits per heavy atom. The lowest BCUT2D eigenvalue weighted by atomic mass is 9.97. The van der Waals surface area contributed by atoms with Crippen molar-refractivity contribution in [2.75, 3.05) is 33.4 Å². The molecule has 2 aliphatic rings. The van der Waals surface area contributed by atoms with Crippen LogP contribution < -0.4 is 0 Å². The topological polar surface area (TPSA) is 55.8 Å². The third-order valence-corrected chi connectivity index (χ3v) is 3.60. The van der Waals surface area contributed by atoms with Crippen molar-refractivity contribution in [3.8, 4) is 0 Å². The summed E-state index contributed by atoms with van der Waals surface area (Å²) in [4.78, 5) is 25.5. The van der Waals surface area contributed by atoms with Gasteiger partial charge in [-0.2, -0.15) is 0 Å². The van der Waals surface area contributed by atoms with Gasteiger partial charge in [0.15, 0.2) is 0 Å². The largest absolute Gasteiger partial charge is 0.463 e. The van der Waals surface area contributed by atoms with Crippen LogP contribution in [-0.2, 0) is 19.1 Å². The van der Waals surface area contributed by atoms with Crippen molar-refractivity contribution in [3.05, 3.63) is 0 Å². The van der Waals surface area contributed by atoms with Crippen LogP contribution in [0.5, 0.6) is 0 Å². The minimum Gasteiger partial charge on any atom is -0.463 e. The molecule has 1 aliphatic heterocycles. The molecule has 1 saturated carbocycles. The number of likely N-dealkylation sites (tertiary alicyclic amines) is 1. The zero-order chi connectivity index (χ0) is 13.0. The normalized spacial score (nSPS) is 20.8. The van der Waals surface area contributed by atoms with Crippen molar-refractivity contribution in [1.82, 2.24) is 4.90 Å². The molecule has 0 N–H and O–H groups in total. The lowest BCUT2D eigenvalue weighted by Gasteiger charge is -2.31. The molecular weight excluding hydrogens is 234 g/mol. The number of piperidine rings is 1. The Bertz CT molecular complexity index is 306. The summed E-state index contributed by atoms with van der Waals surface area (Å²) in [6, 6.07) is 0. The number of methoxy groups -OCH3 is 1. The molecule has 2 fully saturated rings. The van der Waals surface area contributed by atoms with Gasteiger partial charge in [0, 0.05) is 26.1 Å². The van der Waals surface area contributed by atoms with E-state index in [9.17, 15) is 9.59 Å². The van der Waals surface area contributed by atoms with Crippen LogP contribution in [0.25, 0.3) is 0 Å². The maximum Gasteiger partial charge on any atom is 0.309 e. The molecule has 1 saturated heterocycles. The number of ether oxygens (including phenoxy) is 2. The molecule has 0 spiro atoms. The van der Waals surface area contributed by atoms with Crippen LogP contribution in [0.1, 0.15) is 25.7 Å². The summed E-state index contributed by atoms with van der Waals surface area (Å²) >= 11 is 0. The summed E-state index contributed by atoms with van der Waals surface area (Å²) < 4.78 is 9.94.